The topological polar surface area (TPSA) is 68.2 Å². The summed E-state index contributed by atoms with van der Waals surface area (Å²) in [6.45, 7) is 8.85. The Hall–Kier alpha value is -0.200. The van der Waals surface area contributed by atoms with Gasteiger partial charge < -0.3 is 24.4 Å². The monoisotopic (exact) mass is 334 g/mol. The Morgan fingerprint density at radius 1 is 0.696 bits per heavy atom. The normalized spacial score (nSPS) is 15.5. The van der Waals surface area contributed by atoms with Crippen molar-refractivity contribution in [3.63, 3.8) is 0 Å². The molecule has 23 heavy (non-hydrogen) atoms. The molecule has 3 unspecified atom stereocenters. The number of hydrogen-bond donors (Lipinski definition) is 2. The molecule has 0 amide bonds. The fourth-order valence-corrected chi connectivity index (χ4v) is 2.05. The fraction of sp³-hybridized carbons (Fsp3) is 1.00. The van der Waals surface area contributed by atoms with Crippen LogP contribution in [0.25, 0.3) is 0 Å². The van der Waals surface area contributed by atoms with Gasteiger partial charge in [0.1, 0.15) is 0 Å². The first-order valence-corrected chi connectivity index (χ1v) is 9.27. The van der Waals surface area contributed by atoms with Gasteiger partial charge in [0.25, 0.3) is 0 Å². The van der Waals surface area contributed by atoms with Crippen molar-refractivity contribution in [2.24, 2.45) is 0 Å². The van der Waals surface area contributed by atoms with Gasteiger partial charge in [-0.15, -0.1) is 0 Å². The van der Waals surface area contributed by atoms with Gasteiger partial charge in [0.05, 0.1) is 44.7 Å². The SMILES string of the molecule is CCC(O)CCCCCOCCOCC(CC)OCC(O)CC. The molecule has 0 saturated heterocycles. The van der Waals surface area contributed by atoms with Crippen molar-refractivity contribution in [2.45, 2.75) is 84.0 Å². The Bertz CT molecular complexity index is 237. The zero-order valence-corrected chi connectivity index (χ0v) is 15.3. The first kappa shape index (κ1) is 22.8. The van der Waals surface area contributed by atoms with Crippen LogP contribution < -0.4 is 0 Å². The lowest BCUT2D eigenvalue weighted by atomic mass is 10.1. The molecule has 0 aromatic carbocycles. The van der Waals surface area contributed by atoms with Crippen LogP contribution in [0.4, 0.5) is 0 Å². The van der Waals surface area contributed by atoms with Crippen LogP contribution in [0.15, 0.2) is 0 Å². The molecule has 5 nitrogen and oxygen atoms in total. The van der Waals surface area contributed by atoms with Crippen molar-refractivity contribution in [3.8, 4) is 0 Å². The van der Waals surface area contributed by atoms with E-state index in [4.69, 9.17) is 14.2 Å². The molecular weight excluding hydrogens is 296 g/mol. The molecule has 0 aliphatic heterocycles. The second-order valence-electron chi connectivity index (χ2n) is 6.02. The number of unbranched alkanes of at least 4 members (excludes halogenated alkanes) is 2. The highest BCUT2D eigenvalue weighted by Crippen LogP contribution is 2.06. The summed E-state index contributed by atoms with van der Waals surface area (Å²) in [5.74, 6) is 0. The molecule has 3 atom stereocenters. The Morgan fingerprint density at radius 2 is 1.39 bits per heavy atom. The van der Waals surface area contributed by atoms with Crippen LogP contribution >= 0.6 is 0 Å². The van der Waals surface area contributed by atoms with Crippen molar-refractivity contribution >= 4 is 0 Å². The summed E-state index contributed by atoms with van der Waals surface area (Å²) >= 11 is 0. The van der Waals surface area contributed by atoms with Gasteiger partial charge in [-0.1, -0.05) is 33.6 Å². The van der Waals surface area contributed by atoms with Crippen LogP contribution in [0.3, 0.4) is 0 Å². The van der Waals surface area contributed by atoms with E-state index in [1.807, 2.05) is 13.8 Å². The zero-order valence-electron chi connectivity index (χ0n) is 15.3. The average molecular weight is 334 g/mol. The van der Waals surface area contributed by atoms with Gasteiger partial charge >= 0.3 is 0 Å². The van der Waals surface area contributed by atoms with Crippen molar-refractivity contribution < 1.29 is 24.4 Å². The molecule has 5 heteroatoms. The second kappa shape index (κ2) is 16.7. The summed E-state index contributed by atoms with van der Waals surface area (Å²) < 4.78 is 16.7. The van der Waals surface area contributed by atoms with Crippen molar-refractivity contribution in [2.75, 3.05) is 33.0 Å². The van der Waals surface area contributed by atoms with Crippen molar-refractivity contribution in [1.29, 1.82) is 0 Å². The van der Waals surface area contributed by atoms with E-state index < -0.39 is 0 Å². The standard InChI is InChI=1S/C18H38O5/c1-4-16(19)10-8-7-9-11-21-12-13-22-15-18(6-3)23-14-17(20)5-2/h16-20H,4-15H2,1-3H3. The largest absolute Gasteiger partial charge is 0.393 e. The van der Waals surface area contributed by atoms with Crippen LogP contribution in [0.5, 0.6) is 0 Å². The lowest BCUT2D eigenvalue weighted by Crippen LogP contribution is -2.25. The van der Waals surface area contributed by atoms with E-state index in [0.717, 1.165) is 45.1 Å². The molecule has 0 aliphatic rings. The molecule has 0 rings (SSSR count). The number of ether oxygens (including phenoxy) is 3. The van der Waals surface area contributed by atoms with Gasteiger partial charge in [-0.2, -0.15) is 0 Å². The van der Waals surface area contributed by atoms with Crippen LogP contribution in [-0.2, 0) is 14.2 Å². The molecule has 0 aromatic heterocycles. The van der Waals surface area contributed by atoms with Gasteiger partial charge in [-0.25, -0.2) is 0 Å². The number of aliphatic hydroxyl groups excluding tert-OH is 2. The van der Waals surface area contributed by atoms with Gasteiger partial charge in [0.15, 0.2) is 0 Å². The summed E-state index contributed by atoms with van der Waals surface area (Å²) in [5.41, 5.74) is 0. The number of hydrogen-bond acceptors (Lipinski definition) is 5. The quantitative estimate of drug-likeness (QED) is 0.400. The van der Waals surface area contributed by atoms with Gasteiger partial charge in [-0.3, -0.25) is 0 Å². The molecule has 140 valence electrons. The third-order valence-electron chi connectivity index (χ3n) is 3.92. The minimum atomic E-state index is -0.383. The third kappa shape index (κ3) is 15.1. The maximum absolute atomic E-state index is 9.48. The van der Waals surface area contributed by atoms with Gasteiger partial charge in [0.2, 0.25) is 0 Å². The van der Waals surface area contributed by atoms with E-state index in [2.05, 4.69) is 6.92 Å². The maximum Gasteiger partial charge on any atom is 0.0807 e. The predicted octanol–water partition coefficient (Wildman–Crippen LogP) is 2.92. The van der Waals surface area contributed by atoms with E-state index >= 15 is 0 Å². The first-order chi connectivity index (χ1) is 11.1. The molecule has 0 spiro atoms. The summed E-state index contributed by atoms with van der Waals surface area (Å²) in [6.07, 6.45) is 6.04. The van der Waals surface area contributed by atoms with Gasteiger partial charge in [-0.05, 0) is 32.1 Å². The highest BCUT2D eigenvalue weighted by molar-refractivity contribution is 4.57. The summed E-state index contributed by atoms with van der Waals surface area (Å²) in [5, 5.41) is 18.9. The number of aliphatic hydroxyl groups is 2. The maximum atomic E-state index is 9.48. The van der Waals surface area contributed by atoms with E-state index in [9.17, 15) is 10.2 Å². The Labute approximate surface area is 142 Å². The smallest absolute Gasteiger partial charge is 0.0807 e. The molecule has 0 radical (unpaired) electrons. The lowest BCUT2D eigenvalue weighted by Gasteiger charge is -2.18. The Kier molecular flexibility index (Phi) is 16.5. The third-order valence-corrected chi connectivity index (χ3v) is 3.92. The molecule has 0 aromatic rings. The Balaban J connectivity index is 3.33. The molecule has 0 saturated carbocycles. The lowest BCUT2D eigenvalue weighted by molar-refractivity contribution is -0.0578. The van der Waals surface area contributed by atoms with Crippen LogP contribution in [0, 0.1) is 0 Å². The highest BCUT2D eigenvalue weighted by atomic mass is 16.6. The molecule has 0 bridgehead atoms. The predicted molar refractivity (Wildman–Crippen MR) is 92.7 cm³/mol. The minimum absolute atomic E-state index is 0.0428. The molecule has 2 N–H and O–H groups in total. The van der Waals surface area contributed by atoms with Crippen LogP contribution in [0.2, 0.25) is 0 Å². The summed E-state index contributed by atoms with van der Waals surface area (Å²) in [6, 6.07) is 0. The Morgan fingerprint density at radius 3 is 2.04 bits per heavy atom. The molecule has 0 fully saturated rings. The van der Waals surface area contributed by atoms with E-state index in [0.29, 0.717) is 32.8 Å². The van der Waals surface area contributed by atoms with Crippen LogP contribution in [0.1, 0.15) is 65.7 Å². The average Bonchev–Trinajstić information content (AvgIpc) is 2.58. The van der Waals surface area contributed by atoms with E-state index in [1.165, 1.54) is 0 Å². The van der Waals surface area contributed by atoms with E-state index in [-0.39, 0.29) is 18.3 Å². The van der Waals surface area contributed by atoms with E-state index in [1.54, 1.807) is 0 Å². The van der Waals surface area contributed by atoms with Crippen molar-refractivity contribution in [3.05, 3.63) is 0 Å². The minimum Gasteiger partial charge on any atom is -0.393 e. The van der Waals surface area contributed by atoms with Gasteiger partial charge in [0, 0.05) is 6.61 Å². The second-order valence-corrected chi connectivity index (χ2v) is 6.02. The number of rotatable bonds is 17. The molecule has 0 heterocycles. The zero-order chi connectivity index (χ0) is 17.3. The highest BCUT2D eigenvalue weighted by Gasteiger charge is 2.09. The van der Waals surface area contributed by atoms with Crippen LogP contribution in [-0.4, -0.2) is 61.6 Å². The fourth-order valence-electron chi connectivity index (χ4n) is 2.05. The summed E-state index contributed by atoms with van der Waals surface area (Å²) in [4.78, 5) is 0. The first-order valence-electron chi connectivity index (χ1n) is 9.27. The van der Waals surface area contributed by atoms with Crippen molar-refractivity contribution in [1.82, 2.24) is 0 Å². The summed E-state index contributed by atoms with van der Waals surface area (Å²) in [7, 11) is 0. The molecule has 0 aliphatic carbocycles. The molecular formula is C18H38O5.